The number of hydrogen-bond donors (Lipinski definition) is 2. The first-order valence-electron chi connectivity index (χ1n) is 5.19. The van der Waals surface area contributed by atoms with Gasteiger partial charge in [-0.3, -0.25) is 4.79 Å². The van der Waals surface area contributed by atoms with Crippen LogP contribution in [0.1, 0.15) is 30.7 Å². The lowest BCUT2D eigenvalue weighted by atomic mass is 10.0. The van der Waals surface area contributed by atoms with E-state index in [1.807, 2.05) is 0 Å². The third kappa shape index (κ3) is 2.68. The van der Waals surface area contributed by atoms with Crippen molar-refractivity contribution in [2.45, 2.75) is 31.7 Å². The van der Waals surface area contributed by atoms with E-state index >= 15 is 0 Å². The summed E-state index contributed by atoms with van der Waals surface area (Å²) in [6.07, 6.45) is -0.509. The molecule has 0 aromatic carbocycles. The lowest BCUT2D eigenvalue weighted by Crippen LogP contribution is -2.29. The van der Waals surface area contributed by atoms with Gasteiger partial charge in [0.05, 0.1) is 5.92 Å². The van der Waals surface area contributed by atoms with Crippen molar-refractivity contribution in [2.24, 2.45) is 5.92 Å². The van der Waals surface area contributed by atoms with Crippen LogP contribution in [-0.4, -0.2) is 27.3 Å². The van der Waals surface area contributed by atoms with Crippen LogP contribution in [0.4, 0.5) is 13.9 Å². The summed E-state index contributed by atoms with van der Waals surface area (Å²) in [5.41, 5.74) is 0. The van der Waals surface area contributed by atoms with Gasteiger partial charge in [-0.25, -0.2) is 8.78 Å². The monoisotopic (exact) mass is 263 g/mol. The number of alkyl halides is 2. The van der Waals surface area contributed by atoms with Gasteiger partial charge < -0.3 is 10.4 Å². The first kappa shape index (κ1) is 12.2. The van der Waals surface area contributed by atoms with Crippen molar-refractivity contribution >= 4 is 22.4 Å². The second-order valence-electron chi connectivity index (χ2n) is 3.87. The minimum absolute atomic E-state index is 0.244. The number of anilines is 1. The maximum atomic E-state index is 12.3. The number of hydrogen-bond acceptors (Lipinski definition) is 5. The molecule has 0 spiro atoms. The van der Waals surface area contributed by atoms with Gasteiger partial charge >= 0.3 is 5.97 Å². The molecule has 1 fully saturated rings. The van der Waals surface area contributed by atoms with Gasteiger partial charge in [0.25, 0.3) is 6.43 Å². The normalized spacial score (nSPS) is 24.2. The molecule has 1 aliphatic carbocycles. The molecule has 0 amide bonds. The topological polar surface area (TPSA) is 75.1 Å². The summed E-state index contributed by atoms with van der Waals surface area (Å²) >= 11 is 0.765. The maximum Gasteiger partial charge on any atom is 0.308 e. The zero-order valence-electron chi connectivity index (χ0n) is 8.77. The fourth-order valence-electron chi connectivity index (χ4n) is 1.97. The minimum atomic E-state index is -2.64. The van der Waals surface area contributed by atoms with Gasteiger partial charge in [0.15, 0.2) is 5.01 Å². The second-order valence-corrected chi connectivity index (χ2v) is 4.88. The number of halogens is 2. The Kier molecular flexibility index (Phi) is 3.51. The smallest absolute Gasteiger partial charge is 0.308 e. The van der Waals surface area contributed by atoms with Gasteiger partial charge in [-0.05, 0) is 12.8 Å². The predicted octanol–water partition coefficient (Wildman–Crippen LogP) is 2.14. The number of carboxylic acids is 1. The van der Waals surface area contributed by atoms with E-state index in [1.165, 1.54) is 0 Å². The summed E-state index contributed by atoms with van der Waals surface area (Å²) in [7, 11) is 0. The van der Waals surface area contributed by atoms with E-state index in [1.54, 1.807) is 0 Å². The lowest BCUT2D eigenvalue weighted by Gasteiger charge is -2.15. The number of nitrogens with one attached hydrogen (secondary N) is 1. The summed E-state index contributed by atoms with van der Waals surface area (Å²) in [6, 6.07) is -0.244. The zero-order chi connectivity index (χ0) is 12.4. The summed E-state index contributed by atoms with van der Waals surface area (Å²) < 4.78 is 24.6. The van der Waals surface area contributed by atoms with Crippen molar-refractivity contribution in [1.82, 2.24) is 10.2 Å². The molecule has 0 radical (unpaired) electrons. The third-order valence-electron chi connectivity index (χ3n) is 2.77. The first-order valence-corrected chi connectivity index (χ1v) is 6.00. The van der Waals surface area contributed by atoms with Gasteiger partial charge in [-0.15, -0.1) is 10.2 Å². The van der Waals surface area contributed by atoms with Crippen LogP contribution in [0.5, 0.6) is 0 Å². The van der Waals surface area contributed by atoms with Crippen molar-refractivity contribution in [1.29, 1.82) is 0 Å². The Bertz CT molecular complexity index is 413. The van der Waals surface area contributed by atoms with Crippen LogP contribution >= 0.6 is 11.3 Å². The molecule has 2 rings (SSSR count). The highest BCUT2D eigenvalue weighted by atomic mass is 32.1. The van der Waals surface area contributed by atoms with Crippen LogP contribution in [0, 0.1) is 5.92 Å². The van der Waals surface area contributed by atoms with Crippen LogP contribution in [0.25, 0.3) is 0 Å². The lowest BCUT2D eigenvalue weighted by molar-refractivity contribution is -0.141. The van der Waals surface area contributed by atoms with E-state index < -0.39 is 18.3 Å². The molecule has 0 bridgehead atoms. The van der Waals surface area contributed by atoms with E-state index in [9.17, 15) is 13.6 Å². The summed E-state index contributed by atoms with van der Waals surface area (Å²) in [5, 5.41) is 18.7. The molecular formula is C9H11F2N3O2S. The molecule has 17 heavy (non-hydrogen) atoms. The molecule has 8 heteroatoms. The fraction of sp³-hybridized carbons (Fsp3) is 0.667. The molecule has 94 valence electrons. The molecule has 1 aromatic rings. The molecule has 5 nitrogen and oxygen atoms in total. The average molecular weight is 263 g/mol. The Labute approximate surface area is 99.9 Å². The highest BCUT2D eigenvalue weighted by molar-refractivity contribution is 7.15. The van der Waals surface area contributed by atoms with Gasteiger partial charge in [0.1, 0.15) is 0 Å². The van der Waals surface area contributed by atoms with Gasteiger partial charge in [-0.2, -0.15) is 0 Å². The number of rotatable bonds is 4. The summed E-state index contributed by atoms with van der Waals surface area (Å²) in [4.78, 5) is 10.9. The van der Waals surface area contributed by atoms with Gasteiger partial charge in [0, 0.05) is 6.04 Å². The Balaban J connectivity index is 2.02. The zero-order valence-corrected chi connectivity index (χ0v) is 9.58. The quantitative estimate of drug-likeness (QED) is 0.870. The van der Waals surface area contributed by atoms with Gasteiger partial charge in [0.2, 0.25) is 5.13 Å². The van der Waals surface area contributed by atoms with Crippen molar-refractivity contribution in [3.8, 4) is 0 Å². The summed E-state index contributed by atoms with van der Waals surface area (Å²) in [6.45, 7) is 0. The third-order valence-corrected chi connectivity index (χ3v) is 3.63. The van der Waals surface area contributed by atoms with E-state index in [0.717, 1.165) is 17.8 Å². The van der Waals surface area contributed by atoms with Crippen LogP contribution in [0.15, 0.2) is 0 Å². The van der Waals surface area contributed by atoms with Gasteiger partial charge in [-0.1, -0.05) is 17.8 Å². The number of nitrogens with zero attached hydrogens (tertiary/aromatic N) is 2. The number of carbonyl (C=O) groups is 1. The molecule has 1 aliphatic rings. The first-order chi connectivity index (χ1) is 8.08. The van der Waals surface area contributed by atoms with Crippen LogP contribution in [-0.2, 0) is 4.79 Å². The molecule has 1 aromatic heterocycles. The standard InChI is InChI=1S/C9H11F2N3O2S/c10-6(11)7-13-14-9(17-7)12-5-3-1-2-4(5)8(15)16/h4-6H,1-3H2,(H,12,14)(H,15,16)/t4-,5+/m1/s1. The molecule has 2 atom stereocenters. The number of aliphatic carboxylic acids is 1. The molecule has 0 aliphatic heterocycles. The van der Waals surface area contributed by atoms with Crippen LogP contribution in [0.3, 0.4) is 0 Å². The minimum Gasteiger partial charge on any atom is -0.481 e. The molecule has 1 saturated carbocycles. The Hall–Kier alpha value is -1.31. The SMILES string of the molecule is O=C(O)[C@@H]1CCC[C@@H]1Nc1nnc(C(F)F)s1. The van der Waals surface area contributed by atoms with Crippen LogP contribution < -0.4 is 5.32 Å². The average Bonchev–Trinajstić information content (AvgIpc) is 2.86. The largest absolute Gasteiger partial charge is 0.481 e. The Morgan fingerprint density at radius 1 is 1.47 bits per heavy atom. The fourth-order valence-corrected chi connectivity index (χ4v) is 2.63. The molecular weight excluding hydrogens is 252 g/mol. The maximum absolute atomic E-state index is 12.3. The van der Waals surface area contributed by atoms with E-state index in [-0.39, 0.29) is 16.2 Å². The van der Waals surface area contributed by atoms with Crippen molar-refractivity contribution in [2.75, 3.05) is 5.32 Å². The van der Waals surface area contributed by atoms with E-state index in [0.29, 0.717) is 12.8 Å². The molecule has 0 unspecified atom stereocenters. The predicted molar refractivity (Wildman–Crippen MR) is 57.3 cm³/mol. The van der Waals surface area contributed by atoms with E-state index in [2.05, 4.69) is 15.5 Å². The van der Waals surface area contributed by atoms with E-state index in [4.69, 9.17) is 5.11 Å². The van der Waals surface area contributed by atoms with Crippen molar-refractivity contribution < 1.29 is 18.7 Å². The molecule has 0 saturated heterocycles. The van der Waals surface area contributed by atoms with Crippen molar-refractivity contribution in [3.05, 3.63) is 5.01 Å². The highest BCUT2D eigenvalue weighted by Crippen LogP contribution is 2.31. The number of aromatic nitrogens is 2. The van der Waals surface area contributed by atoms with Crippen molar-refractivity contribution in [3.63, 3.8) is 0 Å². The summed E-state index contributed by atoms with van der Waals surface area (Å²) in [5.74, 6) is -1.34. The highest BCUT2D eigenvalue weighted by Gasteiger charge is 2.33. The second kappa shape index (κ2) is 4.91. The molecule has 1 heterocycles. The number of carboxylic acid groups (broad SMARTS) is 1. The van der Waals surface area contributed by atoms with Crippen LogP contribution in [0.2, 0.25) is 0 Å². The Morgan fingerprint density at radius 2 is 2.24 bits per heavy atom. The Morgan fingerprint density at radius 3 is 2.82 bits per heavy atom. The molecule has 2 N–H and O–H groups in total.